The largest absolute Gasteiger partial charge is 0.365 e. The maximum absolute atomic E-state index is 12.8. The van der Waals surface area contributed by atoms with E-state index < -0.39 is 0 Å². The van der Waals surface area contributed by atoms with Gasteiger partial charge in [0, 0.05) is 17.8 Å². The third-order valence-electron chi connectivity index (χ3n) is 5.72. The van der Waals surface area contributed by atoms with Crippen LogP contribution in [0.2, 0.25) is 0 Å². The molecular formula is C16H23N3OS. The Balaban J connectivity index is 1.43. The van der Waals surface area contributed by atoms with Gasteiger partial charge in [-0.05, 0) is 56.3 Å². The number of nitrogens with one attached hydrogen (secondary N) is 2. The van der Waals surface area contributed by atoms with E-state index in [9.17, 15) is 4.79 Å². The zero-order valence-electron chi connectivity index (χ0n) is 12.5. The summed E-state index contributed by atoms with van der Waals surface area (Å²) in [6.07, 6.45) is 7.52. The van der Waals surface area contributed by atoms with Gasteiger partial charge in [-0.15, -0.1) is 11.3 Å². The van der Waals surface area contributed by atoms with Crippen molar-refractivity contribution in [1.29, 1.82) is 0 Å². The van der Waals surface area contributed by atoms with Gasteiger partial charge in [0.1, 0.15) is 0 Å². The van der Waals surface area contributed by atoms with Crippen molar-refractivity contribution in [2.75, 3.05) is 12.4 Å². The van der Waals surface area contributed by atoms with Gasteiger partial charge in [0.2, 0.25) is 5.91 Å². The second-order valence-corrected chi connectivity index (χ2v) is 8.13. The Bertz CT molecular complexity index is 518. The highest BCUT2D eigenvalue weighted by Gasteiger charge is 2.54. The number of anilines is 1. The van der Waals surface area contributed by atoms with Crippen molar-refractivity contribution >= 4 is 22.4 Å². The normalized spacial score (nSPS) is 36.7. The lowest BCUT2D eigenvalue weighted by molar-refractivity contribution is -0.146. The molecule has 2 N–H and O–H groups in total. The Morgan fingerprint density at radius 3 is 2.43 bits per heavy atom. The lowest BCUT2D eigenvalue weighted by Crippen LogP contribution is -2.53. The number of amides is 1. The minimum Gasteiger partial charge on any atom is -0.365 e. The van der Waals surface area contributed by atoms with E-state index in [4.69, 9.17) is 0 Å². The van der Waals surface area contributed by atoms with Gasteiger partial charge in [0.15, 0.2) is 5.13 Å². The molecular weight excluding hydrogens is 282 g/mol. The minimum absolute atomic E-state index is 0.0450. The number of carbonyl (C=O) groups is 1. The summed E-state index contributed by atoms with van der Waals surface area (Å²) in [6.45, 7) is 0.568. The van der Waals surface area contributed by atoms with Crippen molar-refractivity contribution in [2.45, 2.75) is 45.1 Å². The Morgan fingerprint density at radius 2 is 1.90 bits per heavy atom. The highest BCUT2D eigenvalue weighted by atomic mass is 32.1. The fourth-order valence-corrected chi connectivity index (χ4v) is 5.92. The van der Waals surface area contributed by atoms with E-state index in [1.807, 2.05) is 12.4 Å². The molecule has 0 unspecified atom stereocenters. The van der Waals surface area contributed by atoms with Crippen LogP contribution in [0.3, 0.4) is 0 Å². The van der Waals surface area contributed by atoms with E-state index in [-0.39, 0.29) is 5.41 Å². The Morgan fingerprint density at radius 1 is 1.29 bits per heavy atom. The number of hydrogen-bond donors (Lipinski definition) is 2. The van der Waals surface area contributed by atoms with Crippen LogP contribution in [0, 0.1) is 23.2 Å². The lowest BCUT2D eigenvalue weighted by atomic mass is 9.49. The molecule has 1 amide bonds. The zero-order chi connectivity index (χ0) is 14.4. The maximum atomic E-state index is 12.8. The van der Waals surface area contributed by atoms with Crippen LogP contribution in [0.5, 0.6) is 0 Å². The van der Waals surface area contributed by atoms with Crippen molar-refractivity contribution in [2.24, 2.45) is 23.2 Å². The van der Waals surface area contributed by atoms with Crippen LogP contribution in [0.4, 0.5) is 5.13 Å². The van der Waals surface area contributed by atoms with E-state index in [0.717, 1.165) is 47.8 Å². The summed E-state index contributed by atoms with van der Waals surface area (Å²) in [5.41, 5.74) is 0.916. The summed E-state index contributed by atoms with van der Waals surface area (Å²) < 4.78 is 0. The van der Waals surface area contributed by atoms with E-state index in [1.165, 1.54) is 19.3 Å². The van der Waals surface area contributed by atoms with Crippen LogP contribution in [-0.2, 0) is 11.3 Å². The molecule has 4 aliphatic rings. The monoisotopic (exact) mass is 305 g/mol. The molecule has 1 heterocycles. The predicted octanol–water partition coefficient (Wildman–Crippen LogP) is 3.02. The fraction of sp³-hybridized carbons (Fsp3) is 0.750. The Labute approximate surface area is 129 Å². The summed E-state index contributed by atoms with van der Waals surface area (Å²) in [5.74, 6) is 2.74. The smallest absolute Gasteiger partial charge is 0.226 e. The summed E-state index contributed by atoms with van der Waals surface area (Å²) in [4.78, 5) is 17.2. The SMILES string of the molecule is CNc1nc(CNC(=O)C23CC4CC(CC(C4)C2)C3)cs1. The Hall–Kier alpha value is -1.10. The van der Waals surface area contributed by atoms with Crippen LogP contribution < -0.4 is 10.6 Å². The molecule has 1 aromatic rings. The number of aromatic nitrogens is 1. The number of rotatable bonds is 4. The van der Waals surface area contributed by atoms with Gasteiger partial charge >= 0.3 is 0 Å². The summed E-state index contributed by atoms with van der Waals surface area (Å²) in [6, 6.07) is 0. The van der Waals surface area contributed by atoms with E-state index in [2.05, 4.69) is 15.6 Å². The van der Waals surface area contributed by atoms with Crippen molar-refractivity contribution < 1.29 is 4.79 Å². The molecule has 0 spiro atoms. The molecule has 4 bridgehead atoms. The molecule has 4 saturated carbocycles. The molecule has 0 aromatic carbocycles. The summed E-state index contributed by atoms with van der Waals surface area (Å²) in [7, 11) is 1.87. The molecule has 114 valence electrons. The van der Waals surface area contributed by atoms with Gasteiger partial charge in [-0.25, -0.2) is 4.98 Å². The molecule has 0 saturated heterocycles. The first kappa shape index (κ1) is 13.6. The van der Waals surface area contributed by atoms with E-state index in [0.29, 0.717) is 12.5 Å². The molecule has 4 aliphatic carbocycles. The quantitative estimate of drug-likeness (QED) is 0.899. The second kappa shape index (κ2) is 4.97. The van der Waals surface area contributed by atoms with Crippen molar-refractivity contribution in [1.82, 2.24) is 10.3 Å². The van der Waals surface area contributed by atoms with Gasteiger partial charge in [-0.2, -0.15) is 0 Å². The molecule has 1 aromatic heterocycles. The first-order valence-corrected chi connectivity index (χ1v) is 8.95. The maximum Gasteiger partial charge on any atom is 0.226 e. The zero-order valence-corrected chi connectivity index (χ0v) is 13.3. The van der Waals surface area contributed by atoms with Crippen molar-refractivity contribution in [3.05, 3.63) is 11.1 Å². The third kappa shape index (κ3) is 2.35. The average Bonchev–Trinajstić information content (AvgIpc) is 2.91. The van der Waals surface area contributed by atoms with Crippen LogP contribution in [-0.4, -0.2) is 17.9 Å². The van der Waals surface area contributed by atoms with Gasteiger partial charge in [-0.1, -0.05) is 0 Å². The highest BCUT2D eigenvalue weighted by molar-refractivity contribution is 7.13. The second-order valence-electron chi connectivity index (χ2n) is 7.27. The first-order valence-electron chi connectivity index (χ1n) is 8.07. The van der Waals surface area contributed by atoms with Crippen molar-refractivity contribution in [3.8, 4) is 0 Å². The van der Waals surface area contributed by atoms with Crippen molar-refractivity contribution in [3.63, 3.8) is 0 Å². The van der Waals surface area contributed by atoms with Crippen LogP contribution in [0.1, 0.15) is 44.2 Å². The highest BCUT2D eigenvalue weighted by Crippen LogP contribution is 2.60. The molecule has 4 fully saturated rings. The molecule has 5 rings (SSSR count). The third-order valence-corrected chi connectivity index (χ3v) is 6.62. The van der Waals surface area contributed by atoms with E-state index in [1.54, 1.807) is 11.3 Å². The minimum atomic E-state index is -0.0450. The fourth-order valence-electron chi connectivity index (χ4n) is 5.25. The van der Waals surface area contributed by atoms with Crippen LogP contribution in [0.25, 0.3) is 0 Å². The van der Waals surface area contributed by atoms with Gasteiger partial charge in [0.25, 0.3) is 0 Å². The number of carbonyl (C=O) groups excluding carboxylic acids is 1. The van der Waals surface area contributed by atoms with Gasteiger partial charge in [-0.3, -0.25) is 4.79 Å². The molecule has 0 radical (unpaired) electrons. The molecule has 0 atom stereocenters. The number of hydrogen-bond acceptors (Lipinski definition) is 4. The lowest BCUT2D eigenvalue weighted by Gasteiger charge is -2.55. The molecule has 21 heavy (non-hydrogen) atoms. The Kier molecular flexibility index (Phi) is 3.21. The molecule has 4 nitrogen and oxygen atoms in total. The van der Waals surface area contributed by atoms with E-state index >= 15 is 0 Å². The average molecular weight is 305 g/mol. The molecule has 0 aliphatic heterocycles. The molecule has 5 heteroatoms. The van der Waals surface area contributed by atoms with Gasteiger partial charge < -0.3 is 10.6 Å². The standard InChI is InChI=1S/C16H23N3OS/c1-17-15-19-13(9-21-15)8-18-14(20)16-5-10-2-11(6-16)4-12(3-10)7-16/h9-12H,2-8H2,1H3,(H,17,19)(H,18,20). The predicted molar refractivity (Wildman–Crippen MR) is 84.1 cm³/mol. The van der Waals surface area contributed by atoms with Crippen LogP contribution in [0.15, 0.2) is 5.38 Å². The number of nitrogens with zero attached hydrogens (tertiary/aromatic N) is 1. The number of thiazole rings is 1. The summed E-state index contributed by atoms with van der Waals surface area (Å²) >= 11 is 1.59. The first-order chi connectivity index (χ1) is 10.2. The van der Waals surface area contributed by atoms with Gasteiger partial charge in [0.05, 0.1) is 12.2 Å². The summed E-state index contributed by atoms with van der Waals surface area (Å²) in [5, 5.41) is 9.14. The van der Waals surface area contributed by atoms with Crippen LogP contribution >= 0.6 is 11.3 Å². The topological polar surface area (TPSA) is 54.0 Å².